The molecule has 1 N–H and O–H groups in total. The van der Waals surface area contributed by atoms with E-state index < -0.39 is 0 Å². The molecule has 1 amide bonds. The molecule has 1 unspecified atom stereocenters. The van der Waals surface area contributed by atoms with Gasteiger partial charge in [-0.05, 0) is 32.9 Å². The summed E-state index contributed by atoms with van der Waals surface area (Å²) < 4.78 is 5.25. The predicted molar refractivity (Wildman–Crippen MR) is 75.2 cm³/mol. The van der Waals surface area contributed by atoms with E-state index in [1.54, 1.807) is 0 Å². The van der Waals surface area contributed by atoms with Gasteiger partial charge in [0.2, 0.25) is 5.91 Å². The van der Waals surface area contributed by atoms with Crippen molar-refractivity contribution in [2.24, 2.45) is 0 Å². The Hall–Kier alpha value is -0.650. The summed E-state index contributed by atoms with van der Waals surface area (Å²) >= 11 is 0. The monoisotopic (exact) mass is 269 g/mol. The highest BCUT2D eigenvalue weighted by Crippen LogP contribution is 2.11. The summed E-state index contributed by atoms with van der Waals surface area (Å²) in [6.45, 7) is 8.85. The number of ether oxygens (including phenoxy) is 1. The fourth-order valence-electron chi connectivity index (χ4n) is 2.80. The van der Waals surface area contributed by atoms with Gasteiger partial charge in [-0.15, -0.1) is 0 Å². The number of hydrogen-bond acceptors (Lipinski definition) is 4. The quantitative estimate of drug-likeness (QED) is 0.780. The van der Waals surface area contributed by atoms with Gasteiger partial charge in [0.05, 0.1) is 19.8 Å². The number of hydrogen-bond donors (Lipinski definition) is 1. The Morgan fingerprint density at radius 1 is 1.16 bits per heavy atom. The van der Waals surface area contributed by atoms with Crippen molar-refractivity contribution in [2.75, 3.05) is 52.5 Å². The van der Waals surface area contributed by atoms with E-state index in [9.17, 15) is 4.79 Å². The van der Waals surface area contributed by atoms with E-state index >= 15 is 0 Å². The van der Waals surface area contributed by atoms with Gasteiger partial charge in [0.1, 0.15) is 0 Å². The van der Waals surface area contributed by atoms with Crippen LogP contribution in [0.2, 0.25) is 0 Å². The highest BCUT2D eigenvalue weighted by molar-refractivity contribution is 5.78. The van der Waals surface area contributed by atoms with E-state index in [1.165, 1.54) is 32.4 Å². The zero-order valence-electron chi connectivity index (χ0n) is 12.1. The second-order valence-electron chi connectivity index (χ2n) is 5.57. The van der Waals surface area contributed by atoms with Crippen LogP contribution in [0.5, 0.6) is 0 Å². The lowest BCUT2D eigenvalue weighted by atomic mass is 10.1. The van der Waals surface area contributed by atoms with Crippen molar-refractivity contribution in [3.8, 4) is 0 Å². The maximum Gasteiger partial charge on any atom is 0.236 e. The molecule has 19 heavy (non-hydrogen) atoms. The van der Waals surface area contributed by atoms with E-state index in [1.807, 2.05) is 4.90 Å². The fraction of sp³-hybridized carbons (Fsp3) is 0.929. The van der Waals surface area contributed by atoms with Crippen LogP contribution in [0.4, 0.5) is 0 Å². The Bertz CT molecular complexity index is 274. The van der Waals surface area contributed by atoms with Gasteiger partial charge in [-0.3, -0.25) is 9.69 Å². The first kappa shape index (κ1) is 14.8. The van der Waals surface area contributed by atoms with Gasteiger partial charge >= 0.3 is 0 Å². The third kappa shape index (κ3) is 4.75. The highest BCUT2D eigenvalue weighted by atomic mass is 16.5. The molecule has 0 radical (unpaired) electrons. The van der Waals surface area contributed by atoms with Crippen molar-refractivity contribution >= 4 is 5.91 Å². The Morgan fingerprint density at radius 2 is 1.84 bits per heavy atom. The molecular weight excluding hydrogens is 242 g/mol. The Balaban J connectivity index is 1.60. The van der Waals surface area contributed by atoms with Crippen LogP contribution in [0.1, 0.15) is 26.2 Å². The summed E-state index contributed by atoms with van der Waals surface area (Å²) in [7, 11) is 0. The van der Waals surface area contributed by atoms with Gasteiger partial charge in [-0.1, -0.05) is 6.42 Å². The smallest absolute Gasteiger partial charge is 0.236 e. The molecule has 1 atom stereocenters. The first-order chi connectivity index (χ1) is 9.27. The lowest BCUT2D eigenvalue weighted by Gasteiger charge is -2.32. The number of nitrogens with zero attached hydrogens (tertiary/aromatic N) is 2. The molecule has 2 aliphatic heterocycles. The molecule has 2 aliphatic rings. The normalized spacial score (nSPS) is 23.3. The third-order valence-electron chi connectivity index (χ3n) is 4.09. The number of carbonyl (C=O) groups excluding carboxylic acids is 1. The molecule has 0 spiro atoms. The maximum absolute atomic E-state index is 12.0. The van der Waals surface area contributed by atoms with E-state index in [0.29, 0.717) is 25.8 Å². The topological polar surface area (TPSA) is 44.8 Å². The molecule has 0 bridgehead atoms. The second kappa shape index (κ2) is 7.82. The van der Waals surface area contributed by atoms with Crippen LogP contribution in [0, 0.1) is 0 Å². The Morgan fingerprint density at radius 3 is 2.53 bits per heavy atom. The number of morpholine rings is 1. The summed E-state index contributed by atoms with van der Waals surface area (Å²) in [6, 6.07) is 0.526. The average molecular weight is 269 g/mol. The van der Waals surface area contributed by atoms with Gasteiger partial charge in [0.25, 0.3) is 0 Å². The molecule has 0 saturated carbocycles. The average Bonchev–Trinajstić information content (AvgIpc) is 2.49. The number of rotatable bonds is 5. The molecule has 110 valence electrons. The first-order valence-electron chi connectivity index (χ1n) is 7.57. The van der Waals surface area contributed by atoms with Crippen LogP contribution >= 0.6 is 0 Å². The van der Waals surface area contributed by atoms with Crippen LogP contribution < -0.4 is 5.32 Å². The van der Waals surface area contributed by atoms with Crippen LogP contribution in [-0.2, 0) is 9.53 Å². The molecule has 5 nitrogen and oxygen atoms in total. The highest BCUT2D eigenvalue weighted by Gasteiger charge is 2.18. The van der Waals surface area contributed by atoms with Crippen LogP contribution in [0.15, 0.2) is 0 Å². The molecule has 2 fully saturated rings. The number of likely N-dealkylation sites (tertiary alicyclic amines) is 1. The Kier molecular flexibility index (Phi) is 6.07. The van der Waals surface area contributed by atoms with Gasteiger partial charge in [-0.2, -0.15) is 0 Å². The molecule has 0 aromatic rings. The van der Waals surface area contributed by atoms with Crippen LogP contribution in [0.25, 0.3) is 0 Å². The summed E-state index contributed by atoms with van der Waals surface area (Å²) in [5, 5.41) is 3.31. The summed E-state index contributed by atoms with van der Waals surface area (Å²) in [6.07, 6.45) is 4.00. The van der Waals surface area contributed by atoms with E-state index in [-0.39, 0.29) is 5.91 Å². The minimum Gasteiger partial charge on any atom is -0.378 e. The van der Waals surface area contributed by atoms with E-state index in [2.05, 4.69) is 17.1 Å². The SMILES string of the molecule is CC(CNCC(=O)N1CCOCC1)N1CCCCC1. The first-order valence-corrected chi connectivity index (χ1v) is 7.57. The van der Waals surface area contributed by atoms with Crippen LogP contribution in [-0.4, -0.2) is 74.2 Å². The molecule has 0 aromatic carbocycles. The zero-order valence-corrected chi connectivity index (χ0v) is 12.1. The van der Waals surface area contributed by atoms with Crippen molar-refractivity contribution in [3.63, 3.8) is 0 Å². The summed E-state index contributed by atoms with van der Waals surface area (Å²) in [4.78, 5) is 16.4. The number of nitrogens with one attached hydrogen (secondary N) is 1. The minimum atomic E-state index is 0.203. The van der Waals surface area contributed by atoms with Gasteiger partial charge in [0.15, 0.2) is 0 Å². The maximum atomic E-state index is 12.0. The standard InChI is InChI=1S/C14H27N3O2/c1-13(16-5-3-2-4-6-16)11-15-12-14(18)17-7-9-19-10-8-17/h13,15H,2-12H2,1H3. The van der Waals surface area contributed by atoms with Crippen molar-refractivity contribution in [1.82, 2.24) is 15.1 Å². The molecule has 2 rings (SSSR count). The third-order valence-corrected chi connectivity index (χ3v) is 4.09. The lowest BCUT2D eigenvalue weighted by Crippen LogP contribution is -2.48. The summed E-state index contributed by atoms with van der Waals surface area (Å²) in [5.74, 6) is 0.203. The largest absolute Gasteiger partial charge is 0.378 e. The molecule has 0 aliphatic carbocycles. The number of amides is 1. The second-order valence-corrected chi connectivity index (χ2v) is 5.57. The zero-order chi connectivity index (χ0) is 13.5. The molecule has 2 heterocycles. The van der Waals surface area contributed by atoms with Gasteiger partial charge < -0.3 is 15.0 Å². The summed E-state index contributed by atoms with van der Waals surface area (Å²) in [5.41, 5.74) is 0. The Labute approximate surface area is 116 Å². The van der Waals surface area contributed by atoms with Crippen molar-refractivity contribution in [3.05, 3.63) is 0 Å². The van der Waals surface area contributed by atoms with Crippen molar-refractivity contribution in [2.45, 2.75) is 32.2 Å². The molecule has 5 heteroatoms. The van der Waals surface area contributed by atoms with Gasteiger partial charge in [-0.25, -0.2) is 0 Å². The lowest BCUT2D eigenvalue weighted by molar-refractivity contribution is -0.134. The van der Waals surface area contributed by atoms with Crippen molar-refractivity contribution < 1.29 is 9.53 Å². The van der Waals surface area contributed by atoms with Gasteiger partial charge in [0, 0.05) is 25.7 Å². The predicted octanol–water partition coefficient (Wildman–Crippen LogP) is 0.309. The minimum absolute atomic E-state index is 0.203. The number of carbonyl (C=O) groups is 1. The fourth-order valence-corrected chi connectivity index (χ4v) is 2.80. The molecular formula is C14H27N3O2. The van der Waals surface area contributed by atoms with E-state index in [0.717, 1.165) is 19.6 Å². The molecule has 2 saturated heterocycles. The molecule has 0 aromatic heterocycles. The van der Waals surface area contributed by atoms with Crippen LogP contribution in [0.3, 0.4) is 0 Å². The van der Waals surface area contributed by atoms with Crippen molar-refractivity contribution in [1.29, 1.82) is 0 Å². The number of piperidine rings is 1. The van der Waals surface area contributed by atoms with E-state index in [4.69, 9.17) is 4.74 Å².